The van der Waals surface area contributed by atoms with E-state index in [2.05, 4.69) is 130 Å². The normalized spacial score (nSPS) is 12.9. The number of unbranched alkanes of at least 4 members (excludes halogenated alkanes) is 25. The van der Waals surface area contributed by atoms with Crippen LogP contribution in [0, 0.1) is 0 Å². The Morgan fingerprint density at radius 1 is 0.288 bits per heavy atom. The van der Waals surface area contributed by atoms with E-state index in [9.17, 15) is 14.4 Å². The van der Waals surface area contributed by atoms with Crippen LogP contribution < -0.4 is 0 Å². The molecule has 0 saturated heterocycles. The van der Waals surface area contributed by atoms with Crippen LogP contribution in [0.15, 0.2) is 109 Å². The first-order valence-corrected chi connectivity index (χ1v) is 30.4. The van der Waals surface area contributed by atoms with Crippen molar-refractivity contribution in [3.63, 3.8) is 0 Å². The van der Waals surface area contributed by atoms with Crippen LogP contribution in [-0.2, 0) is 28.6 Å². The second kappa shape index (κ2) is 60.6. The molecule has 0 fully saturated rings. The van der Waals surface area contributed by atoms with E-state index in [1.165, 1.54) is 109 Å². The highest BCUT2D eigenvalue weighted by atomic mass is 16.6. The van der Waals surface area contributed by atoms with Gasteiger partial charge < -0.3 is 14.2 Å². The van der Waals surface area contributed by atoms with Gasteiger partial charge in [-0.05, 0) is 103 Å². The number of ether oxygens (including phenoxy) is 3. The van der Waals surface area contributed by atoms with Crippen LogP contribution in [0.5, 0.6) is 0 Å². The quantitative estimate of drug-likeness (QED) is 0.0261. The molecule has 0 aliphatic heterocycles. The first kappa shape index (κ1) is 69.1. The number of hydrogen-bond acceptors (Lipinski definition) is 6. The number of hydrogen-bond donors (Lipinski definition) is 0. The van der Waals surface area contributed by atoms with Crippen molar-refractivity contribution in [2.45, 2.75) is 284 Å². The van der Waals surface area contributed by atoms with Gasteiger partial charge in [0, 0.05) is 19.3 Å². The molecule has 0 rings (SSSR count). The maximum atomic E-state index is 12.8. The third kappa shape index (κ3) is 58.8. The van der Waals surface area contributed by atoms with Gasteiger partial charge in [0.15, 0.2) is 6.10 Å². The van der Waals surface area contributed by atoms with E-state index < -0.39 is 6.10 Å². The van der Waals surface area contributed by atoms with Gasteiger partial charge in [-0.15, -0.1) is 0 Å². The zero-order chi connectivity index (χ0) is 52.9. The monoisotopic (exact) mass is 1010 g/mol. The smallest absolute Gasteiger partial charge is 0.306 e. The molecular weight excluding hydrogens is 901 g/mol. The molecule has 0 aliphatic carbocycles. The zero-order valence-electron chi connectivity index (χ0n) is 47.6. The van der Waals surface area contributed by atoms with Crippen LogP contribution >= 0.6 is 0 Å². The van der Waals surface area contributed by atoms with Crippen molar-refractivity contribution in [3.8, 4) is 0 Å². The van der Waals surface area contributed by atoms with Crippen molar-refractivity contribution < 1.29 is 28.6 Å². The Kier molecular flexibility index (Phi) is 57.4. The number of rotatable bonds is 54. The zero-order valence-corrected chi connectivity index (χ0v) is 47.6. The average Bonchev–Trinajstić information content (AvgIpc) is 3.39. The second-order valence-electron chi connectivity index (χ2n) is 19.9. The lowest BCUT2D eigenvalue weighted by Crippen LogP contribution is -2.30. The molecule has 1 atom stereocenters. The Labute approximate surface area is 450 Å². The molecule has 0 N–H and O–H groups in total. The van der Waals surface area contributed by atoms with Gasteiger partial charge in [0.25, 0.3) is 0 Å². The van der Waals surface area contributed by atoms with E-state index in [-0.39, 0.29) is 31.1 Å². The van der Waals surface area contributed by atoms with E-state index in [0.29, 0.717) is 19.3 Å². The molecule has 0 aromatic rings. The Bertz CT molecular complexity index is 1490. The Morgan fingerprint density at radius 3 is 0.836 bits per heavy atom. The third-order valence-electron chi connectivity index (χ3n) is 12.8. The van der Waals surface area contributed by atoms with E-state index in [4.69, 9.17) is 14.2 Å². The number of allylic oxidation sites excluding steroid dienone is 18. The molecule has 0 amide bonds. The lowest BCUT2D eigenvalue weighted by molar-refractivity contribution is -0.167. The van der Waals surface area contributed by atoms with Gasteiger partial charge in [-0.3, -0.25) is 14.4 Å². The van der Waals surface area contributed by atoms with Crippen molar-refractivity contribution in [2.24, 2.45) is 0 Å². The molecule has 0 aromatic heterocycles. The molecule has 6 heteroatoms. The van der Waals surface area contributed by atoms with Crippen molar-refractivity contribution in [3.05, 3.63) is 109 Å². The SMILES string of the molecule is CC/C=C\C/C=C\C/C=C\C/C=C\C/C=C\CCCCCCCCCC(=O)OC(COC(=O)CCCCCCC)COC(=O)CCCCCCCCCCCCCCCC/C=C\C/C=C\C/C=C\C/C=C\CC. The first-order valence-electron chi connectivity index (χ1n) is 30.4. The average molecular weight is 1010 g/mol. The summed E-state index contributed by atoms with van der Waals surface area (Å²) < 4.78 is 16.7. The van der Waals surface area contributed by atoms with Crippen molar-refractivity contribution in [1.29, 1.82) is 0 Å². The summed E-state index contributed by atoms with van der Waals surface area (Å²) in [4.78, 5) is 37.9. The summed E-state index contributed by atoms with van der Waals surface area (Å²) in [6.07, 6.45) is 82.8. The Hall–Kier alpha value is -3.93. The highest BCUT2D eigenvalue weighted by Crippen LogP contribution is 2.16. The van der Waals surface area contributed by atoms with E-state index in [0.717, 1.165) is 128 Å². The van der Waals surface area contributed by atoms with Crippen LogP contribution in [0.4, 0.5) is 0 Å². The molecule has 0 aromatic carbocycles. The van der Waals surface area contributed by atoms with Crippen LogP contribution in [0.1, 0.15) is 278 Å². The van der Waals surface area contributed by atoms with Crippen molar-refractivity contribution in [2.75, 3.05) is 13.2 Å². The standard InChI is InChI=1S/C67H112O6/c1-4-7-10-13-15-17-19-21-23-25-27-29-31-32-33-34-36-37-39-41-43-45-47-49-51-54-57-60-66(69)72-63-64(62-71-65(68)59-56-53-12-9-6-3)73-67(70)61-58-55-52-50-48-46-44-42-40-38-35-30-28-26-24-22-20-18-16-14-11-8-5-2/h7-8,10-11,15-18,21-24,27-30,38,40,64H,4-6,9,12-14,19-20,25-26,31-37,39,41-63H2,1-3H3/b10-7-,11-8-,17-15-,18-16-,23-21-,24-22-,29-27-,30-28-,40-38-. The van der Waals surface area contributed by atoms with Crippen LogP contribution in [0.3, 0.4) is 0 Å². The van der Waals surface area contributed by atoms with E-state index in [1.54, 1.807) is 0 Å². The van der Waals surface area contributed by atoms with Crippen LogP contribution in [0.2, 0.25) is 0 Å². The van der Waals surface area contributed by atoms with E-state index in [1.807, 2.05) is 0 Å². The van der Waals surface area contributed by atoms with Gasteiger partial charge in [0.2, 0.25) is 0 Å². The summed E-state index contributed by atoms with van der Waals surface area (Å²) >= 11 is 0. The summed E-state index contributed by atoms with van der Waals surface area (Å²) in [5.41, 5.74) is 0. The molecule has 0 saturated carbocycles. The molecule has 6 nitrogen and oxygen atoms in total. The van der Waals surface area contributed by atoms with Gasteiger partial charge in [-0.1, -0.05) is 265 Å². The highest BCUT2D eigenvalue weighted by molar-refractivity contribution is 5.71. The predicted molar refractivity (Wildman–Crippen MR) is 316 cm³/mol. The third-order valence-corrected chi connectivity index (χ3v) is 12.8. The molecule has 0 spiro atoms. The lowest BCUT2D eigenvalue weighted by atomic mass is 10.0. The topological polar surface area (TPSA) is 78.9 Å². The first-order chi connectivity index (χ1) is 36.0. The Balaban J connectivity index is 4.08. The van der Waals surface area contributed by atoms with E-state index >= 15 is 0 Å². The molecular formula is C67H112O6. The fraction of sp³-hybridized carbons (Fsp3) is 0.687. The van der Waals surface area contributed by atoms with Crippen molar-refractivity contribution in [1.82, 2.24) is 0 Å². The Morgan fingerprint density at radius 2 is 0.534 bits per heavy atom. The molecule has 0 radical (unpaired) electrons. The molecule has 0 aliphatic rings. The maximum Gasteiger partial charge on any atom is 0.306 e. The summed E-state index contributed by atoms with van der Waals surface area (Å²) in [6.45, 7) is 6.33. The van der Waals surface area contributed by atoms with Crippen LogP contribution in [0.25, 0.3) is 0 Å². The van der Waals surface area contributed by atoms with Gasteiger partial charge in [0.1, 0.15) is 13.2 Å². The predicted octanol–water partition coefficient (Wildman–Crippen LogP) is 20.7. The summed E-state index contributed by atoms with van der Waals surface area (Å²) in [7, 11) is 0. The fourth-order valence-electron chi connectivity index (χ4n) is 8.28. The summed E-state index contributed by atoms with van der Waals surface area (Å²) in [5.74, 6) is -0.905. The number of carbonyl (C=O) groups is 3. The molecule has 0 bridgehead atoms. The van der Waals surface area contributed by atoms with Gasteiger partial charge in [-0.25, -0.2) is 0 Å². The summed E-state index contributed by atoms with van der Waals surface area (Å²) in [6, 6.07) is 0. The second-order valence-corrected chi connectivity index (χ2v) is 19.9. The number of carbonyl (C=O) groups excluding carboxylic acids is 3. The van der Waals surface area contributed by atoms with Gasteiger partial charge in [0.05, 0.1) is 0 Å². The molecule has 0 heterocycles. The molecule has 1 unspecified atom stereocenters. The lowest BCUT2D eigenvalue weighted by Gasteiger charge is -2.18. The summed E-state index contributed by atoms with van der Waals surface area (Å²) in [5, 5.41) is 0. The minimum atomic E-state index is -0.782. The van der Waals surface area contributed by atoms with Crippen LogP contribution in [-0.4, -0.2) is 37.2 Å². The van der Waals surface area contributed by atoms with Gasteiger partial charge in [-0.2, -0.15) is 0 Å². The minimum absolute atomic E-state index is 0.0827. The molecule has 416 valence electrons. The van der Waals surface area contributed by atoms with Crippen molar-refractivity contribution >= 4 is 17.9 Å². The highest BCUT2D eigenvalue weighted by Gasteiger charge is 2.19. The minimum Gasteiger partial charge on any atom is -0.462 e. The van der Waals surface area contributed by atoms with Gasteiger partial charge >= 0.3 is 17.9 Å². The maximum absolute atomic E-state index is 12.8. The fourth-order valence-corrected chi connectivity index (χ4v) is 8.28. The molecule has 73 heavy (non-hydrogen) atoms. The number of esters is 3. The largest absolute Gasteiger partial charge is 0.462 e.